The van der Waals surface area contributed by atoms with Gasteiger partial charge >= 0.3 is 0 Å². The molecule has 0 bridgehead atoms. The highest BCUT2D eigenvalue weighted by atomic mass is 35.5. The molecule has 19 heavy (non-hydrogen) atoms. The molecule has 1 unspecified atom stereocenters. The van der Waals surface area contributed by atoms with Crippen LogP contribution in [-0.2, 0) is 0 Å². The maximum atomic E-state index is 8.72. The molecule has 0 aliphatic carbocycles. The number of hydrogen-bond donors (Lipinski definition) is 2. The molecule has 0 saturated heterocycles. The zero-order valence-corrected chi connectivity index (χ0v) is 13.3. The Kier molecular flexibility index (Phi) is 6.88. The minimum absolute atomic E-state index is 0.298. The second-order valence-corrected chi connectivity index (χ2v) is 7.23. The average molecular weight is 318 g/mol. The third-order valence-corrected chi connectivity index (χ3v) is 5.79. The lowest BCUT2D eigenvalue weighted by Crippen LogP contribution is -2.26. The first-order chi connectivity index (χ1) is 9.33. The summed E-state index contributed by atoms with van der Waals surface area (Å²) in [6.07, 6.45) is 2.06. The summed E-state index contributed by atoms with van der Waals surface area (Å²) in [6, 6.07) is 6.63. The predicted molar refractivity (Wildman–Crippen MR) is 86.6 cm³/mol. The third kappa shape index (κ3) is 4.57. The van der Waals surface area contributed by atoms with E-state index in [0.717, 1.165) is 35.2 Å². The molecule has 2 rings (SSSR count). The van der Waals surface area contributed by atoms with Crippen LogP contribution in [0.1, 0.15) is 24.4 Å². The molecule has 1 aromatic rings. The molecule has 0 spiro atoms. The second kappa shape index (κ2) is 8.42. The Morgan fingerprint density at radius 3 is 3.16 bits per heavy atom. The van der Waals surface area contributed by atoms with Crippen molar-refractivity contribution in [3.8, 4) is 0 Å². The first-order valence-electron chi connectivity index (χ1n) is 6.66. The molecule has 0 saturated carbocycles. The summed E-state index contributed by atoms with van der Waals surface area (Å²) in [7, 11) is 0. The van der Waals surface area contributed by atoms with Gasteiger partial charge in [0.25, 0.3) is 0 Å². The standard InChI is InChI=1S/C14H20ClNOS2/c15-12-4-1-3-11-13(5-9-19-14(11)12)16-6-10-18-8-2-7-17/h1,3-4,13,16-17H,2,5-10H2. The number of benzene rings is 1. The van der Waals surface area contributed by atoms with Crippen molar-refractivity contribution in [1.82, 2.24) is 5.32 Å². The largest absolute Gasteiger partial charge is 0.396 e. The van der Waals surface area contributed by atoms with Crippen molar-refractivity contribution in [2.24, 2.45) is 0 Å². The van der Waals surface area contributed by atoms with E-state index in [-0.39, 0.29) is 0 Å². The Hall–Kier alpha value is 0.130. The summed E-state index contributed by atoms with van der Waals surface area (Å²) in [5.74, 6) is 3.27. The highest BCUT2D eigenvalue weighted by molar-refractivity contribution is 7.99. The Labute approximate surface area is 128 Å². The van der Waals surface area contributed by atoms with E-state index in [0.29, 0.717) is 12.6 Å². The Bertz CT molecular complexity index is 403. The zero-order valence-electron chi connectivity index (χ0n) is 10.9. The zero-order chi connectivity index (χ0) is 13.5. The summed E-state index contributed by atoms with van der Waals surface area (Å²) >= 11 is 10.0. The Morgan fingerprint density at radius 2 is 2.32 bits per heavy atom. The lowest BCUT2D eigenvalue weighted by atomic mass is 10.0. The van der Waals surface area contributed by atoms with Crippen molar-refractivity contribution in [1.29, 1.82) is 0 Å². The van der Waals surface area contributed by atoms with E-state index < -0.39 is 0 Å². The van der Waals surface area contributed by atoms with Gasteiger partial charge in [0, 0.05) is 29.8 Å². The van der Waals surface area contributed by atoms with Gasteiger partial charge in [-0.3, -0.25) is 0 Å². The van der Waals surface area contributed by atoms with Gasteiger partial charge in [0.05, 0.1) is 5.02 Å². The molecule has 0 aromatic heterocycles. The quantitative estimate of drug-likeness (QED) is 0.753. The Balaban J connectivity index is 1.81. The monoisotopic (exact) mass is 317 g/mol. The highest BCUT2D eigenvalue weighted by Crippen LogP contribution is 2.40. The van der Waals surface area contributed by atoms with Crippen LogP contribution in [0.2, 0.25) is 5.02 Å². The van der Waals surface area contributed by atoms with Gasteiger partial charge in [-0.15, -0.1) is 11.8 Å². The minimum atomic E-state index is 0.298. The fourth-order valence-corrected chi connectivity index (χ4v) is 4.46. The van der Waals surface area contributed by atoms with Crippen LogP contribution in [0.4, 0.5) is 0 Å². The van der Waals surface area contributed by atoms with Gasteiger partial charge < -0.3 is 10.4 Å². The number of rotatable bonds is 7. The van der Waals surface area contributed by atoms with Crippen LogP contribution in [0.15, 0.2) is 23.1 Å². The van der Waals surface area contributed by atoms with E-state index >= 15 is 0 Å². The average Bonchev–Trinajstić information content (AvgIpc) is 2.43. The lowest BCUT2D eigenvalue weighted by Gasteiger charge is -2.26. The number of halogens is 1. The van der Waals surface area contributed by atoms with Gasteiger partial charge in [0.2, 0.25) is 0 Å². The summed E-state index contributed by atoms with van der Waals surface area (Å²) in [4.78, 5) is 1.25. The molecule has 2 nitrogen and oxygen atoms in total. The first-order valence-corrected chi connectivity index (χ1v) is 9.18. The van der Waals surface area contributed by atoms with Crippen LogP contribution in [0.25, 0.3) is 0 Å². The Morgan fingerprint density at radius 1 is 1.42 bits per heavy atom. The summed E-state index contributed by atoms with van der Waals surface area (Å²) < 4.78 is 0. The topological polar surface area (TPSA) is 32.3 Å². The molecule has 0 radical (unpaired) electrons. The third-order valence-electron chi connectivity index (χ3n) is 3.11. The molecular formula is C14H20ClNOS2. The molecule has 1 atom stereocenters. The van der Waals surface area contributed by atoms with Gasteiger partial charge in [-0.25, -0.2) is 0 Å². The lowest BCUT2D eigenvalue weighted by molar-refractivity contribution is 0.296. The van der Waals surface area contributed by atoms with Crippen molar-refractivity contribution in [2.45, 2.75) is 23.8 Å². The first kappa shape index (κ1) is 15.5. The molecule has 0 amide bonds. The number of aliphatic hydroxyl groups excluding tert-OH is 1. The van der Waals surface area contributed by atoms with Crippen LogP contribution >= 0.6 is 35.1 Å². The normalized spacial score (nSPS) is 18.3. The smallest absolute Gasteiger partial charge is 0.0545 e. The second-order valence-electron chi connectivity index (χ2n) is 4.49. The molecule has 1 heterocycles. The van der Waals surface area contributed by atoms with Gasteiger partial charge in [-0.2, -0.15) is 11.8 Å². The maximum Gasteiger partial charge on any atom is 0.0545 e. The molecule has 106 valence electrons. The van der Waals surface area contributed by atoms with E-state index in [1.165, 1.54) is 16.9 Å². The van der Waals surface area contributed by atoms with Crippen LogP contribution in [0.3, 0.4) is 0 Å². The van der Waals surface area contributed by atoms with Crippen molar-refractivity contribution < 1.29 is 5.11 Å². The number of nitrogens with one attached hydrogen (secondary N) is 1. The van der Waals surface area contributed by atoms with E-state index in [1.807, 2.05) is 35.7 Å². The van der Waals surface area contributed by atoms with Crippen LogP contribution in [0, 0.1) is 0 Å². The molecule has 2 N–H and O–H groups in total. The van der Waals surface area contributed by atoms with Crippen LogP contribution in [0.5, 0.6) is 0 Å². The fourth-order valence-electron chi connectivity index (χ4n) is 2.17. The molecule has 0 fully saturated rings. The van der Waals surface area contributed by atoms with Crippen molar-refractivity contribution in [2.75, 3.05) is 30.4 Å². The molecular weight excluding hydrogens is 298 g/mol. The summed E-state index contributed by atoms with van der Waals surface area (Å²) in [6.45, 7) is 1.31. The van der Waals surface area contributed by atoms with Crippen molar-refractivity contribution >= 4 is 35.1 Å². The van der Waals surface area contributed by atoms with Gasteiger partial charge in [0.1, 0.15) is 0 Å². The minimum Gasteiger partial charge on any atom is -0.396 e. The van der Waals surface area contributed by atoms with Crippen molar-refractivity contribution in [3.63, 3.8) is 0 Å². The molecule has 1 aliphatic heterocycles. The fraction of sp³-hybridized carbons (Fsp3) is 0.571. The highest BCUT2D eigenvalue weighted by Gasteiger charge is 2.21. The summed E-state index contributed by atoms with van der Waals surface area (Å²) in [5.41, 5.74) is 1.35. The molecule has 1 aromatic carbocycles. The molecule has 5 heteroatoms. The van der Waals surface area contributed by atoms with E-state index in [4.69, 9.17) is 16.7 Å². The number of fused-ring (bicyclic) bond motifs is 1. The maximum absolute atomic E-state index is 8.72. The van der Waals surface area contributed by atoms with Crippen molar-refractivity contribution in [3.05, 3.63) is 28.8 Å². The number of aliphatic hydroxyl groups is 1. The van der Waals surface area contributed by atoms with E-state index in [9.17, 15) is 0 Å². The number of thioether (sulfide) groups is 2. The van der Waals surface area contributed by atoms with E-state index in [2.05, 4.69) is 11.4 Å². The van der Waals surface area contributed by atoms with Crippen LogP contribution < -0.4 is 5.32 Å². The number of hydrogen-bond acceptors (Lipinski definition) is 4. The van der Waals surface area contributed by atoms with Gasteiger partial charge in [0.15, 0.2) is 0 Å². The van der Waals surface area contributed by atoms with Crippen LogP contribution in [-0.4, -0.2) is 35.5 Å². The molecule has 1 aliphatic rings. The summed E-state index contributed by atoms with van der Waals surface area (Å²) in [5, 5.41) is 13.2. The predicted octanol–water partition coefficient (Wildman–Crippen LogP) is 3.58. The van der Waals surface area contributed by atoms with E-state index in [1.54, 1.807) is 0 Å². The van der Waals surface area contributed by atoms with Gasteiger partial charge in [-0.05, 0) is 36.0 Å². The SMILES string of the molecule is OCCCSCCNC1CCSc2c(Cl)cccc21. The van der Waals surface area contributed by atoms with Gasteiger partial charge in [-0.1, -0.05) is 23.7 Å².